The highest BCUT2D eigenvalue weighted by Crippen LogP contribution is 2.43. The lowest BCUT2D eigenvalue weighted by Gasteiger charge is -2.17. The molecule has 0 saturated carbocycles. The second kappa shape index (κ2) is 9.25. The van der Waals surface area contributed by atoms with Gasteiger partial charge in [-0.1, -0.05) is 115 Å². The van der Waals surface area contributed by atoms with E-state index in [4.69, 9.17) is 4.98 Å². The van der Waals surface area contributed by atoms with E-state index in [2.05, 4.69) is 150 Å². The van der Waals surface area contributed by atoms with Crippen LogP contribution in [0.4, 0.5) is 0 Å². The molecular weight excluding hydrogens is 544 g/mol. The van der Waals surface area contributed by atoms with Crippen LogP contribution in [0.25, 0.3) is 93.0 Å². The molecule has 0 aliphatic carbocycles. The van der Waals surface area contributed by atoms with Crippen molar-refractivity contribution in [3.63, 3.8) is 0 Å². The van der Waals surface area contributed by atoms with Crippen LogP contribution in [0.2, 0.25) is 0 Å². The number of rotatable bonds is 3. The molecule has 0 aliphatic rings. The molecule has 0 aliphatic heterocycles. The third-order valence-corrected chi connectivity index (χ3v) is 9.58. The lowest BCUT2D eigenvalue weighted by Crippen LogP contribution is -1.94. The van der Waals surface area contributed by atoms with Crippen LogP contribution in [0.1, 0.15) is 0 Å². The molecule has 2 nitrogen and oxygen atoms in total. The molecule has 10 aromatic rings. The maximum Gasteiger partial charge on any atom is 0.0702 e. The molecule has 208 valence electrons. The van der Waals surface area contributed by atoms with E-state index >= 15 is 0 Å². The third-order valence-electron chi connectivity index (χ3n) is 9.58. The molecule has 10 rings (SSSR count). The van der Waals surface area contributed by atoms with E-state index in [1.165, 1.54) is 76.5 Å². The summed E-state index contributed by atoms with van der Waals surface area (Å²) in [6, 6.07) is 55.2. The molecular formula is C43H26N2. The highest BCUT2D eigenvalue weighted by molar-refractivity contribution is 6.27. The first kappa shape index (κ1) is 24.5. The molecule has 0 bridgehead atoms. The fourth-order valence-corrected chi connectivity index (χ4v) is 7.51. The predicted octanol–water partition coefficient (Wildman–Crippen LogP) is 11.6. The molecule has 0 spiro atoms. The molecule has 8 aromatic carbocycles. The van der Waals surface area contributed by atoms with Crippen molar-refractivity contribution in [3.8, 4) is 27.9 Å². The van der Waals surface area contributed by atoms with E-state index in [1.807, 2.05) is 12.3 Å². The Labute approximate surface area is 259 Å². The molecule has 0 saturated heterocycles. The summed E-state index contributed by atoms with van der Waals surface area (Å²) in [5.74, 6) is 0. The maximum atomic E-state index is 4.78. The van der Waals surface area contributed by atoms with Gasteiger partial charge in [0.25, 0.3) is 0 Å². The Morgan fingerprint density at radius 1 is 0.400 bits per heavy atom. The minimum atomic E-state index is 1.02. The van der Waals surface area contributed by atoms with E-state index in [1.54, 1.807) is 0 Å². The van der Waals surface area contributed by atoms with Gasteiger partial charge in [-0.3, -0.25) is 4.98 Å². The predicted molar refractivity (Wildman–Crippen MR) is 191 cm³/mol. The summed E-state index contributed by atoms with van der Waals surface area (Å²) in [5, 5.41) is 11.4. The van der Waals surface area contributed by atoms with Gasteiger partial charge in [0.2, 0.25) is 0 Å². The maximum absolute atomic E-state index is 4.78. The third kappa shape index (κ3) is 3.54. The Morgan fingerprint density at radius 2 is 0.956 bits per heavy atom. The molecule has 45 heavy (non-hydrogen) atoms. The van der Waals surface area contributed by atoms with Gasteiger partial charge >= 0.3 is 0 Å². The summed E-state index contributed by atoms with van der Waals surface area (Å²) in [4.78, 5) is 4.78. The minimum Gasteiger partial charge on any atom is -0.309 e. The van der Waals surface area contributed by atoms with Crippen LogP contribution in [-0.2, 0) is 0 Å². The van der Waals surface area contributed by atoms with Crippen LogP contribution in [0.5, 0.6) is 0 Å². The zero-order chi connectivity index (χ0) is 29.5. The number of hydrogen-bond acceptors (Lipinski definition) is 1. The monoisotopic (exact) mass is 570 g/mol. The summed E-state index contributed by atoms with van der Waals surface area (Å²) < 4.78 is 2.38. The van der Waals surface area contributed by atoms with Crippen molar-refractivity contribution in [2.45, 2.75) is 0 Å². The zero-order valence-electron chi connectivity index (χ0n) is 24.4. The van der Waals surface area contributed by atoms with Crippen LogP contribution in [0, 0.1) is 0 Å². The van der Waals surface area contributed by atoms with Crippen molar-refractivity contribution in [2.75, 3.05) is 0 Å². The van der Waals surface area contributed by atoms with Gasteiger partial charge in [0.15, 0.2) is 0 Å². The minimum absolute atomic E-state index is 1.02. The fourth-order valence-electron chi connectivity index (χ4n) is 7.51. The topological polar surface area (TPSA) is 17.8 Å². The quantitative estimate of drug-likeness (QED) is 0.193. The highest BCUT2D eigenvalue weighted by atomic mass is 15.0. The van der Waals surface area contributed by atoms with E-state index in [0.717, 1.165) is 16.5 Å². The molecule has 2 aromatic heterocycles. The smallest absolute Gasteiger partial charge is 0.0702 e. The Balaban J connectivity index is 1.15. The highest BCUT2D eigenvalue weighted by Gasteiger charge is 2.16. The number of para-hydroxylation sites is 3. The number of hydrogen-bond donors (Lipinski definition) is 0. The van der Waals surface area contributed by atoms with Crippen molar-refractivity contribution in [3.05, 3.63) is 158 Å². The van der Waals surface area contributed by atoms with E-state index < -0.39 is 0 Å². The average Bonchev–Trinajstić information content (AvgIpc) is 3.45. The molecule has 0 radical (unpaired) electrons. The summed E-state index contributed by atoms with van der Waals surface area (Å²) in [6.07, 6.45) is 2.01. The van der Waals surface area contributed by atoms with Crippen LogP contribution in [0.3, 0.4) is 0 Å². The van der Waals surface area contributed by atoms with Crippen molar-refractivity contribution in [1.82, 2.24) is 9.55 Å². The Kier molecular flexibility index (Phi) is 5.03. The van der Waals surface area contributed by atoms with Gasteiger partial charge in [-0.2, -0.15) is 0 Å². The van der Waals surface area contributed by atoms with Crippen LogP contribution >= 0.6 is 0 Å². The number of benzene rings is 8. The molecule has 0 atom stereocenters. The average molecular weight is 571 g/mol. The van der Waals surface area contributed by atoms with Gasteiger partial charge in [-0.15, -0.1) is 0 Å². The first-order valence-corrected chi connectivity index (χ1v) is 15.5. The largest absolute Gasteiger partial charge is 0.309 e. The van der Waals surface area contributed by atoms with Gasteiger partial charge in [0.05, 0.1) is 16.6 Å². The summed E-state index contributed by atoms with van der Waals surface area (Å²) in [6.45, 7) is 0. The lowest BCUT2D eigenvalue weighted by atomic mass is 9.87. The van der Waals surface area contributed by atoms with Crippen molar-refractivity contribution in [1.29, 1.82) is 0 Å². The SMILES string of the molecule is c1ccc2ncc(-c3ccc4ccc5c(-c6ccc(-n7c8ccccc8c8ccccc87)cc6)ccc6ccc3c4c65)cc2c1. The first-order valence-electron chi connectivity index (χ1n) is 15.5. The second-order valence-corrected chi connectivity index (χ2v) is 12.0. The van der Waals surface area contributed by atoms with Crippen LogP contribution in [-0.4, -0.2) is 9.55 Å². The molecule has 2 heteroatoms. The lowest BCUT2D eigenvalue weighted by molar-refractivity contribution is 1.18. The van der Waals surface area contributed by atoms with E-state index in [-0.39, 0.29) is 0 Å². The van der Waals surface area contributed by atoms with Crippen molar-refractivity contribution in [2.24, 2.45) is 0 Å². The summed E-state index contributed by atoms with van der Waals surface area (Å²) in [7, 11) is 0. The fraction of sp³-hybridized carbons (Fsp3) is 0. The number of fused-ring (bicyclic) bond motifs is 4. The molecule has 0 fully saturated rings. The molecule has 0 N–H and O–H groups in total. The number of aromatic nitrogens is 2. The molecule has 2 heterocycles. The Bertz CT molecular complexity index is 2700. The zero-order valence-corrected chi connectivity index (χ0v) is 24.4. The summed E-state index contributed by atoms with van der Waals surface area (Å²) in [5.41, 5.74) is 9.48. The van der Waals surface area contributed by atoms with Crippen LogP contribution < -0.4 is 0 Å². The normalized spacial score (nSPS) is 12.0. The Hall–Kier alpha value is -5.99. The molecule has 0 amide bonds. The first-order chi connectivity index (χ1) is 22.3. The van der Waals surface area contributed by atoms with Crippen LogP contribution in [0.15, 0.2) is 158 Å². The standard InChI is InChI=1S/C43H26N2/c1-4-10-39-30(7-1)25-31(26-44-39)34-22-16-29-17-23-37-33(21-15-28-18-24-38(34)43(29)42(28)37)27-13-19-32(20-14-27)45-40-11-5-2-8-35(40)36-9-3-6-12-41(36)45/h1-26H. The van der Waals surface area contributed by atoms with Gasteiger partial charge in [0.1, 0.15) is 0 Å². The second-order valence-electron chi connectivity index (χ2n) is 12.0. The van der Waals surface area contributed by atoms with Crippen molar-refractivity contribution >= 4 is 65.0 Å². The number of nitrogens with zero attached hydrogens (tertiary/aromatic N) is 2. The van der Waals surface area contributed by atoms with E-state index in [0.29, 0.717) is 0 Å². The van der Waals surface area contributed by atoms with Gasteiger partial charge in [-0.05, 0) is 85.4 Å². The van der Waals surface area contributed by atoms with Crippen molar-refractivity contribution < 1.29 is 0 Å². The summed E-state index contributed by atoms with van der Waals surface area (Å²) >= 11 is 0. The van der Waals surface area contributed by atoms with Gasteiger partial charge in [-0.25, -0.2) is 0 Å². The Morgan fingerprint density at radius 3 is 1.62 bits per heavy atom. The van der Waals surface area contributed by atoms with E-state index in [9.17, 15) is 0 Å². The van der Waals surface area contributed by atoms with Gasteiger partial charge in [0, 0.05) is 33.6 Å². The van der Waals surface area contributed by atoms with Gasteiger partial charge < -0.3 is 4.57 Å². The number of pyridine rings is 1. The molecule has 0 unspecified atom stereocenters.